The third-order valence-electron chi connectivity index (χ3n) is 3.53. The van der Waals surface area contributed by atoms with Gasteiger partial charge in [-0.05, 0) is 37.1 Å². The van der Waals surface area contributed by atoms with Gasteiger partial charge < -0.3 is 5.32 Å². The maximum Gasteiger partial charge on any atom is 0.0475 e. The van der Waals surface area contributed by atoms with E-state index in [1.165, 1.54) is 37.1 Å². The Labute approximate surface area is 105 Å². The molecule has 94 valence electrons. The summed E-state index contributed by atoms with van der Waals surface area (Å²) in [7, 11) is 0. The fourth-order valence-corrected chi connectivity index (χ4v) is 2.80. The van der Waals surface area contributed by atoms with Crippen LogP contribution in [0.3, 0.4) is 0 Å². The average Bonchev–Trinajstić information content (AvgIpc) is 2.38. The standard InChI is InChI=1S/C15H24N2/c1-3-9-17(10-4-2)15-12-16-11-13-7-5-6-8-14(13)15/h5-8,15-16H,3-4,9-12H2,1-2H3/t15-/m1/s1. The predicted molar refractivity (Wildman–Crippen MR) is 73.0 cm³/mol. The minimum absolute atomic E-state index is 0.569. The van der Waals surface area contributed by atoms with E-state index in [0.717, 1.165) is 13.1 Å². The molecule has 2 heteroatoms. The molecule has 17 heavy (non-hydrogen) atoms. The first kappa shape index (κ1) is 12.6. The summed E-state index contributed by atoms with van der Waals surface area (Å²) in [6.07, 6.45) is 2.47. The van der Waals surface area contributed by atoms with Crippen molar-refractivity contribution < 1.29 is 0 Å². The third-order valence-corrected chi connectivity index (χ3v) is 3.53. The predicted octanol–water partition coefficient (Wildman–Crippen LogP) is 2.95. The number of benzene rings is 1. The van der Waals surface area contributed by atoms with E-state index in [-0.39, 0.29) is 0 Å². The zero-order chi connectivity index (χ0) is 12.1. The van der Waals surface area contributed by atoms with Gasteiger partial charge in [-0.2, -0.15) is 0 Å². The van der Waals surface area contributed by atoms with Crippen LogP contribution >= 0.6 is 0 Å². The molecule has 0 bridgehead atoms. The van der Waals surface area contributed by atoms with Crippen LogP contribution in [-0.2, 0) is 6.54 Å². The fraction of sp³-hybridized carbons (Fsp3) is 0.600. The van der Waals surface area contributed by atoms with Gasteiger partial charge in [0.1, 0.15) is 0 Å². The Kier molecular flexibility index (Phi) is 4.57. The van der Waals surface area contributed by atoms with Crippen molar-refractivity contribution in [2.45, 2.75) is 39.3 Å². The van der Waals surface area contributed by atoms with Crippen LogP contribution in [0, 0.1) is 0 Å². The monoisotopic (exact) mass is 232 g/mol. The summed E-state index contributed by atoms with van der Waals surface area (Å²) in [5, 5.41) is 3.55. The van der Waals surface area contributed by atoms with E-state index in [4.69, 9.17) is 0 Å². The van der Waals surface area contributed by atoms with Gasteiger partial charge in [0, 0.05) is 19.1 Å². The molecule has 1 aliphatic rings. The Morgan fingerprint density at radius 2 is 1.88 bits per heavy atom. The molecule has 2 rings (SSSR count). The quantitative estimate of drug-likeness (QED) is 0.839. The second-order valence-electron chi connectivity index (χ2n) is 4.88. The molecule has 0 radical (unpaired) electrons. The van der Waals surface area contributed by atoms with Gasteiger partial charge in [-0.15, -0.1) is 0 Å². The first-order valence-corrected chi connectivity index (χ1v) is 6.89. The summed E-state index contributed by atoms with van der Waals surface area (Å²) in [4.78, 5) is 2.63. The molecule has 0 saturated heterocycles. The molecule has 0 saturated carbocycles. The molecule has 0 spiro atoms. The summed E-state index contributed by atoms with van der Waals surface area (Å²) in [6.45, 7) is 9.06. The number of nitrogens with one attached hydrogen (secondary N) is 1. The molecule has 0 unspecified atom stereocenters. The zero-order valence-electron chi connectivity index (χ0n) is 11.1. The summed E-state index contributed by atoms with van der Waals surface area (Å²) < 4.78 is 0. The number of fused-ring (bicyclic) bond motifs is 1. The van der Waals surface area contributed by atoms with Crippen molar-refractivity contribution in [2.75, 3.05) is 19.6 Å². The summed E-state index contributed by atoms with van der Waals surface area (Å²) in [5.74, 6) is 0. The zero-order valence-corrected chi connectivity index (χ0v) is 11.1. The van der Waals surface area contributed by atoms with Crippen molar-refractivity contribution in [2.24, 2.45) is 0 Å². The van der Waals surface area contributed by atoms with E-state index >= 15 is 0 Å². The highest BCUT2D eigenvalue weighted by Gasteiger charge is 2.24. The number of nitrogens with zero attached hydrogens (tertiary/aromatic N) is 1. The molecule has 1 heterocycles. The van der Waals surface area contributed by atoms with Crippen LogP contribution in [0.25, 0.3) is 0 Å². The van der Waals surface area contributed by atoms with E-state index in [1.807, 2.05) is 0 Å². The molecule has 0 aromatic heterocycles. The Morgan fingerprint density at radius 1 is 1.18 bits per heavy atom. The van der Waals surface area contributed by atoms with Crippen molar-refractivity contribution in [3.8, 4) is 0 Å². The van der Waals surface area contributed by atoms with Crippen LogP contribution in [0.2, 0.25) is 0 Å². The molecule has 2 nitrogen and oxygen atoms in total. The summed E-state index contributed by atoms with van der Waals surface area (Å²) in [5.41, 5.74) is 3.01. The highest BCUT2D eigenvalue weighted by Crippen LogP contribution is 2.27. The average molecular weight is 232 g/mol. The van der Waals surface area contributed by atoms with Crippen molar-refractivity contribution in [3.05, 3.63) is 35.4 Å². The first-order valence-electron chi connectivity index (χ1n) is 6.89. The molecular weight excluding hydrogens is 208 g/mol. The molecule has 0 aliphatic carbocycles. The molecule has 1 aromatic carbocycles. The maximum absolute atomic E-state index is 3.55. The Hall–Kier alpha value is -0.860. The lowest BCUT2D eigenvalue weighted by molar-refractivity contribution is 0.185. The lowest BCUT2D eigenvalue weighted by atomic mass is 9.95. The highest BCUT2D eigenvalue weighted by atomic mass is 15.2. The van der Waals surface area contributed by atoms with Crippen molar-refractivity contribution in [1.82, 2.24) is 10.2 Å². The largest absolute Gasteiger partial charge is 0.311 e. The SMILES string of the molecule is CCCN(CCC)[C@@H]1CNCc2ccccc21. The topological polar surface area (TPSA) is 15.3 Å². The fourth-order valence-electron chi connectivity index (χ4n) is 2.80. The van der Waals surface area contributed by atoms with Gasteiger partial charge in [-0.3, -0.25) is 4.90 Å². The highest BCUT2D eigenvalue weighted by molar-refractivity contribution is 5.32. The minimum atomic E-state index is 0.569. The molecule has 1 aliphatic heterocycles. The normalized spacial score (nSPS) is 19.4. The number of hydrogen-bond donors (Lipinski definition) is 1. The van der Waals surface area contributed by atoms with E-state index in [0.29, 0.717) is 6.04 Å². The third kappa shape index (κ3) is 2.88. The van der Waals surface area contributed by atoms with Gasteiger partial charge in [0.05, 0.1) is 0 Å². The van der Waals surface area contributed by atoms with Gasteiger partial charge in [0.15, 0.2) is 0 Å². The van der Waals surface area contributed by atoms with E-state index in [2.05, 4.69) is 48.3 Å². The first-order chi connectivity index (χ1) is 8.36. The second-order valence-corrected chi connectivity index (χ2v) is 4.88. The second kappa shape index (κ2) is 6.18. The Bertz CT molecular complexity index is 343. The lowest BCUT2D eigenvalue weighted by Crippen LogP contribution is -2.40. The lowest BCUT2D eigenvalue weighted by Gasteiger charge is -2.36. The molecule has 0 amide bonds. The van der Waals surface area contributed by atoms with Crippen LogP contribution in [0.1, 0.15) is 43.9 Å². The van der Waals surface area contributed by atoms with Crippen molar-refractivity contribution in [1.29, 1.82) is 0 Å². The van der Waals surface area contributed by atoms with Gasteiger partial charge in [-0.1, -0.05) is 38.1 Å². The van der Waals surface area contributed by atoms with Crippen LogP contribution in [0.5, 0.6) is 0 Å². The van der Waals surface area contributed by atoms with E-state index in [9.17, 15) is 0 Å². The Morgan fingerprint density at radius 3 is 2.59 bits per heavy atom. The Balaban J connectivity index is 2.20. The smallest absolute Gasteiger partial charge is 0.0475 e. The van der Waals surface area contributed by atoms with Crippen LogP contribution < -0.4 is 5.32 Å². The minimum Gasteiger partial charge on any atom is -0.311 e. The van der Waals surface area contributed by atoms with Crippen LogP contribution in [0.15, 0.2) is 24.3 Å². The van der Waals surface area contributed by atoms with Gasteiger partial charge >= 0.3 is 0 Å². The molecule has 1 atom stereocenters. The van der Waals surface area contributed by atoms with Crippen molar-refractivity contribution in [3.63, 3.8) is 0 Å². The summed E-state index contributed by atoms with van der Waals surface area (Å²) >= 11 is 0. The van der Waals surface area contributed by atoms with Crippen molar-refractivity contribution >= 4 is 0 Å². The van der Waals surface area contributed by atoms with Gasteiger partial charge in [0.25, 0.3) is 0 Å². The van der Waals surface area contributed by atoms with Crippen LogP contribution in [0.4, 0.5) is 0 Å². The molecule has 0 fully saturated rings. The summed E-state index contributed by atoms with van der Waals surface area (Å²) in [6, 6.07) is 9.45. The van der Waals surface area contributed by atoms with E-state index in [1.54, 1.807) is 0 Å². The van der Waals surface area contributed by atoms with Gasteiger partial charge in [0.2, 0.25) is 0 Å². The molecule has 1 N–H and O–H groups in total. The maximum atomic E-state index is 3.55. The van der Waals surface area contributed by atoms with Gasteiger partial charge in [-0.25, -0.2) is 0 Å². The number of rotatable bonds is 5. The van der Waals surface area contributed by atoms with E-state index < -0.39 is 0 Å². The molecular formula is C15H24N2. The number of hydrogen-bond acceptors (Lipinski definition) is 2. The van der Waals surface area contributed by atoms with Crippen LogP contribution in [-0.4, -0.2) is 24.5 Å². The molecule has 1 aromatic rings.